The quantitative estimate of drug-likeness (QED) is 0.271. The average Bonchev–Trinajstić information content (AvgIpc) is 2.80. The number of rotatable bonds is 9. The Balaban J connectivity index is 1.86. The zero-order chi connectivity index (χ0) is 23.8. The Kier molecular flexibility index (Phi) is 8.48. The summed E-state index contributed by atoms with van der Waals surface area (Å²) < 4.78 is 12.6. The largest absolute Gasteiger partial charge is 0.490 e. The molecule has 0 saturated carbocycles. The van der Waals surface area contributed by atoms with Gasteiger partial charge in [0.05, 0.1) is 10.2 Å². The molecule has 0 spiro atoms. The number of amides is 1. The number of hydrogen-bond donors (Lipinski definition) is 2. The number of carbonyl (C=O) groups is 2. The van der Waals surface area contributed by atoms with Crippen molar-refractivity contribution in [1.82, 2.24) is 5.32 Å². The second-order valence-electron chi connectivity index (χ2n) is 7.22. The Morgan fingerprint density at radius 1 is 1.03 bits per heavy atom. The molecule has 33 heavy (non-hydrogen) atoms. The number of hydrogen-bond acceptors (Lipinski definition) is 4. The number of aliphatic carboxylic acids is 1. The van der Waals surface area contributed by atoms with E-state index >= 15 is 0 Å². The Hall–Kier alpha value is -3.33. The fourth-order valence-electron chi connectivity index (χ4n) is 3.02. The molecule has 1 amide bonds. The van der Waals surface area contributed by atoms with E-state index in [-0.39, 0.29) is 5.70 Å². The number of nitrogens with one attached hydrogen (secondary N) is 1. The highest BCUT2D eigenvalue weighted by Crippen LogP contribution is 2.35. The van der Waals surface area contributed by atoms with Crippen molar-refractivity contribution in [2.45, 2.75) is 20.5 Å². The monoisotopic (exact) mass is 557 g/mol. The average molecular weight is 557 g/mol. The molecule has 170 valence electrons. The molecule has 0 aliphatic rings. The van der Waals surface area contributed by atoms with E-state index in [1.165, 1.54) is 11.6 Å². The van der Waals surface area contributed by atoms with E-state index < -0.39 is 11.9 Å². The maximum absolute atomic E-state index is 12.4. The number of carboxylic acid groups (broad SMARTS) is 1. The van der Waals surface area contributed by atoms with Gasteiger partial charge in [0, 0.05) is 5.56 Å². The summed E-state index contributed by atoms with van der Waals surface area (Å²) in [6, 6.07) is 20.0. The minimum Gasteiger partial charge on any atom is -0.490 e. The standard InChI is InChI=1S/C26H24INO5/c1-3-32-23-15-19(13-21(27)24(23)33-16-18-11-9-17(2)10-12-18)14-22(26(30)31)28-25(29)20-7-5-4-6-8-20/h4-15H,3,16H2,1-2H3,(H,28,29)(H,30,31). The van der Waals surface area contributed by atoms with Gasteiger partial charge in [-0.15, -0.1) is 0 Å². The molecule has 3 rings (SSSR count). The predicted molar refractivity (Wildman–Crippen MR) is 135 cm³/mol. The minimum absolute atomic E-state index is 0.240. The Morgan fingerprint density at radius 3 is 2.36 bits per heavy atom. The first-order chi connectivity index (χ1) is 15.9. The van der Waals surface area contributed by atoms with Gasteiger partial charge >= 0.3 is 5.97 Å². The van der Waals surface area contributed by atoms with Crippen LogP contribution >= 0.6 is 22.6 Å². The van der Waals surface area contributed by atoms with Gasteiger partial charge in [0.2, 0.25) is 0 Å². The van der Waals surface area contributed by atoms with Gasteiger partial charge in [-0.2, -0.15) is 0 Å². The van der Waals surface area contributed by atoms with Gasteiger partial charge in [0.25, 0.3) is 5.91 Å². The highest BCUT2D eigenvalue weighted by atomic mass is 127. The third-order valence-electron chi connectivity index (χ3n) is 4.66. The molecule has 0 aliphatic heterocycles. The topological polar surface area (TPSA) is 84.9 Å². The Morgan fingerprint density at radius 2 is 1.73 bits per heavy atom. The summed E-state index contributed by atoms with van der Waals surface area (Å²) in [5.41, 5.74) is 2.90. The number of halogens is 1. The molecule has 0 aromatic heterocycles. The second-order valence-corrected chi connectivity index (χ2v) is 8.38. The molecule has 0 saturated heterocycles. The summed E-state index contributed by atoms with van der Waals surface area (Å²) in [5, 5.41) is 12.1. The van der Waals surface area contributed by atoms with Crippen molar-refractivity contribution in [3.8, 4) is 11.5 Å². The predicted octanol–water partition coefficient (Wildman–Crippen LogP) is 5.43. The van der Waals surface area contributed by atoms with Crippen LogP contribution in [0.15, 0.2) is 72.4 Å². The number of carbonyl (C=O) groups excluding carboxylic acids is 1. The summed E-state index contributed by atoms with van der Waals surface area (Å²) in [5.74, 6) is -0.656. The number of ether oxygens (including phenoxy) is 2. The molecule has 0 aliphatic carbocycles. The van der Waals surface area contributed by atoms with Crippen LogP contribution in [0.3, 0.4) is 0 Å². The van der Waals surface area contributed by atoms with Gasteiger partial charge in [-0.05, 0) is 77.9 Å². The van der Waals surface area contributed by atoms with Crippen LogP contribution in [-0.2, 0) is 11.4 Å². The SMILES string of the molecule is CCOc1cc(C=C(NC(=O)c2ccccc2)C(=O)O)cc(I)c1OCc1ccc(C)cc1. The first kappa shape index (κ1) is 24.3. The fraction of sp³-hybridized carbons (Fsp3) is 0.154. The third-order valence-corrected chi connectivity index (χ3v) is 5.46. The van der Waals surface area contributed by atoms with Gasteiger partial charge in [0.15, 0.2) is 11.5 Å². The second kappa shape index (κ2) is 11.5. The Bertz CT molecular complexity index is 1160. The number of benzene rings is 3. The van der Waals surface area contributed by atoms with E-state index in [0.29, 0.717) is 35.8 Å². The first-order valence-electron chi connectivity index (χ1n) is 10.3. The van der Waals surface area contributed by atoms with Crippen LogP contribution in [0.2, 0.25) is 0 Å². The molecule has 0 atom stereocenters. The molecular weight excluding hydrogens is 533 g/mol. The molecular formula is C26H24INO5. The van der Waals surface area contributed by atoms with E-state index in [1.807, 2.05) is 38.1 Å². The van der Waals surface area contributed by atoms with Crippen molar-refractivity contribution in [2.24, 2.45) is 0 Å². The van der Waals surface area contributed by atoms with E-state index in [2.05, 4.69) is 27.9 Å². The van der Waals surface area contributed by atoms with E-state index in [4.69, 9.17) is 9.47 Å². The highest BCUT2D eigenvalue weighted by Gasteiger charge is 2.16. The lowest BCUT2D eigenvalue weighted by atomic mass is 10.1. The van der Waals surface area contributed by atoms with Crippen molar-refractivity contribution < 1.29 is 24.2 Å². The molecule has 0 bridgehead atoms. The van der Waals surface area contributed by atoms with Crippen LogP contribution < -0.4 is 14.8 Å². The van der Waals surface area contributed by atoms with Crippen LogP contribution in [0.1, 0.15) is 34.0 Å². The van der Waals surface area contributed by atoms with E-state index in [1.54, 1.807) is 42.5 Å². The van der Waals surface area contributed by atoms with Crippen LogP contribution in [-0.4, -0.2) is 23.6 Å². The lowest BCUT2D eigenvalue weighted by Crippen LogP contribution is -2.27. The van der Waals surface area contributed by atoms with Crippen molar-refractivity contribution >= 4 is 40.5 Å². The van der Waals surface area contributed by atoms with Crippen molar-refractivity contribution in [2.75, 3.05) is 6.61 Å². The van der Waals surface area contributed by atoms with Gasteiger partial charge < -0.3 is 19.9 Å². The van der Waals surface area contributed by atoms with E-state index in [9.17, 15) is 14.7 Å². The van der Waals surface area contributed by atoms with Crippen molar-refractivity contribution in [1.29, 1.82) is 0 Å². The Labute approximate surface area is 206 Å². The van der Waals surface area contributed by atoms with Crippen molar-refractivity contribution in [3.63, 3.8) is 0 Å². The molecule has 0 radical (unpaired) electrons. The number of aryl methyl sites for hydroxylation is 1. The van der Waals surface area contributed by atoms with Crippen LogP contribution in [0.25, 0.3) is 6.08 Å². The first-order valence-corrected chi connectivity index (χ1v) is 11.4. The van der Waals surface area contributed by atoms with Crippen LogP contribution in [0.5, 0.6) is 11.5 Å². The van der Waals surface area contributed by atoms with Gasteiger partial charge in [-0.25, -0.2) is 4.79 Å². The summed E-state index contributed by atoms with van der Waals surface area (Å²) in [4.78, 5) is 24.2. The summed E-state index contributed by atoms with van der Waals surface area (Å²) >= 11 is 2.13. The van der Waals surface area contributed by atoms with Gasteiger partial charge in [-0.1, -0.05) is 48.0 Å². The summed E-state index contributed by atoms with van der Waals surface area (Å²) in [6.45, 7) is 4.68. The lowest BCUT2D eigenvalue weighted by Gasteiger charge is -2.15. The molecule has 3 aromatic carbocycles. The molecule has 2 N–H and O–H groups in total. The van der Waals surface area contributed by atoms with Crippen molar-refractivity contribution in [3.05, 3.63) is 98.3 Å². The normalized spacial score (nSPS) is 11.1. The minimum atomic E-state index is -1.24. The van der Waals surface area contributed by atoms with E-state index in [0.717, 1.165) is 9.13 Å². The van der Waals surface area contributed by atoms with Crippen LogP contribution in [0, 0.1) is 10.5 Å². The molecule has 6 nitrogen and oxygen atoms in total. The zero-order valence-electron chi connectivity index (χ0n) is 18.3. The molecule has 7 heteroatoms. The van der Waals surface area contributed by atoms with Gasteiger partial charge in [-0.3, -0.25) is 4.79 Å². The molecule has 0 heterocycles. The van der Waals surface area contributed by atoms with Gasteiger partial charge in [0.1, 0.15) is 12.3 Å². The summed E-state index contributed by atoms with van der Waals surface area (Å²) in [7, 11) is 0. The molecule has 0 unspecified atom stereocenters. The smallest absolute Gasteiger partial charge is 0.352 e. The highest BCUT2D eigenvalue weighted by molar-refractivity contribution is 14.1. The number of carboxylic acids is 1. The zero-order valence-corrected chi connectivity index (χ0v) is 20.5. The lowest BCUT2D eigenvalue weighted by molar-refractivity contribution is -0.132. The molecule has 0 fully saturated rings. The maximum Gasteiger partial charge on any atom is 0.352 e. The third kappa shape index (κ3) is 6.82. The molecule has 3 aromatic rings. The van der Waals surface area contributed by atoms with Crippen LogP contribution in [0.4, 0.5) is 0 Å². The fourth-order valence-corrected chi connectivity index (χ4v) is 3.80. The summed E-state index contributed by atoms with van der Waals surface area (Å²) in [6.07, 6.45) is 1.40. The maximum atomic E-state index is 12.4.